The second-order valence-corrected chi connectivity index (χ2v) is 14.0. The highest BCUT2D eigenvalue weighted by Crippen LogP contribution is 2.42. The number of nitrogens with two attached hydrogens (primary N) is 1. The topological polar surface area (TPSA) is 147 Å². The van der Waals surface area contributed by atoms with Crippen LogP contribution in [0.1, 0.15) is 27.5 Å². The van der Waals surface area contributed by atoms with Gasteiger partial charge in [-0.15, -0.1) is 0 Å². The predicted molar refractivity (Wildman–Crippen MR) is 233 cm³/mol. The Bertz CT molecular complexity index is 2570. The van der Waals surface area contributed by atoms with Gasteiger partial charge in [0.2, 0.25) is 0 Å². The standard InChI is InChI=1S/C21H14Cl3N3O.C9H6ClNO.C7H4Cl2O.C5H6N2/c22-15-7-3-5-13(18(15)24)19(27-17-8-1-2-9-25-17)14-11-16(23)12-6-4-10-26-20(12)21(14)28;10-7-3-4-8(12)9-6(7)2-1-5-11-9;8-6-3-1-2-5(4-10)7(6)9;6-5-3-1-2-4-7-5/h1-11,19,28H,(H,25,27);1-5,12H;1-4H;1-4H,(H2,6,7). The molecule has 8 aromatic rings. The summed E-state index contributed by atoms with van der Waals surface area (Å²) in [5.74, 6) is 1.36. The van der Waals surface area contributed by atoms with Crippen molar-refractivity contribution in [1.29, 1.82) is 0 Å². The molecule has 4 heterocycles. The molecule has 0 aliphatic rings. The number of carbonyl (C=O) groups is 1. The number of pyridine rings is 4. The van der Waals surface area contributed by atoms with Crippen LogP contribution in [0.5, 0.6) is 11.5 Å². The van der Waals surface area contributed by atoms with Crippen molar-refractivity contribution in [2.24, 2.45) is 0 Å². The van der Waals surface area contributed by atoms with Gasteiger partial charge in [0.15, 0.2) is 6.29 Å². The maximum atomic E-state index is 11.0. The molecule has 5 N–H and O–H groups in total. The molecule has 0 aliphatic heterocycles. The number of aromatic nitrogens is 4. The Kier molecular flexibility index (Phi) is 15.5. The molecule has 1 atom stereocenters. The third-order valence-electron chi connectivity index (χ3n) is 7.90. The number of phenols is 2. The molecular weight excluding hydrogens is 849 g/mol. The Balaban J connectivity index is 0.000000174. The number of carbonyl (C=O) groups excluding carboxylic acids is 1. The van der Waals surface area contributed by atoms with Crippen LogP contribution >= 0.6 is 69.6 Å². The lowest BCUT2D eigenvalue weighted by molar-refractivity contribution is 0.112. The fourth-order valence-electron chi connectivity index (χ4n) is 5.20. The number of hydrogen-bond acceptors (Lipinski definition) is 9. The molecule has 15 heteroatoms. The Morgan fingerprint density at radius 2 is 1.18 bits per heavy atom. The van der Waals surface area contributed by atoms with E-state index in [1.165, 1.54) is 6.07 Å². The van der Waals surface area contributed by atoms with E-state index in [4.69, 9.17) is 75.3 Å². The number of anilines is 2. The molecule has 57 heavy (non-hydrogen) atoms. The van der Waals surface area contributed by atoms with Gasteiger partial charge >= 0.3 is 0 Å². The van der Waals surface area contributed by atoms with Crippen LogP contribution in [-0.4, -0.2) is 36.4 Å². The van der Waals surface area contributed by atoms with Gasteiger partial charge in [0.25, 0.3) is 0 Å². The summed E-state index contributed by atoms with van der Waals surface area (Å²) in [7, 11) is 0. The van der Waals surface area contributed by atoms with Crippen LogP contribution in [0.4, 0.5) is 11.6 Å². The molecule has 288 valence electrons. The highest BCUT2D eigenvalue weighted by atomic mass is 35.5. The Morgan fingerprint density at radius 3 is 1.75 bits per heavy atom. The zero-order valence-corrected chi connectivity index (χ0v) is 33.9. The number of phenolic OH excluding ortho intramolecular Hbond substituents is 2. The molecule has 4 aromatic carbocycles. The minimum absolute atomic E-state index is 0.0180. The zero-order chi connectivity index (χ0) is 40.9. The van der Waals surface area contributed by atoms with E-state index in [0.717, 1.165) is 5.39 Å². The fraction of sp³-hybridized carbons (Fsp3) is 0.0238. The Labute approximate surface area is 357 Å². The van der Waals surface area contributed by atoms with Crippen LogP contribution in [0.2, 0.25) is 30.1 Å². The summed E-state index contributed by atoms with van der Waals surface area (Å²) in [4.78, 5) is 26.6. The van der Waals surface area contributed by atoms with Gasteiger partial charge in [-0.2, -0.15) is 0 Å². The lowest BCUT2D eigenvalue weighted by atomic mass is 9.96. The van der Waals surface area contributed by atoms with Crippen LogP contribution in [0.15, 0.2) is 140 Å². The number of hydrogen-bond donors (Lipinski definition) is 4. The van der Waals surface area contributed by atoms with E-state index in [2.05, 4.69) is 25.3 Å². The first-order chi connectivity index (χ1) is 27.5. The van der Waals surface area contributed by atoms with Gasteiger partial charge in [0.1, 0.15) is 34.2 Å². The minimum atomic E-state index is -0.551. The van der Waals surface area contributed by atoms with Gasteiger partial charge in [0.05, 0.1) is 36.2 Å². The normalized spacial score (nSPS) is 10.8. The van der Waals surface area contributed by atoms with Gasteiger partial charge in [-0.1, -0.05) is 106 Å². The smallest absolute Gasteiger partial charge is 0.151 e. The summed E-state index contributed by atoms with van der Waals surface area (Å²) in [6, 6.07) is 32.7. The van der Waals surface area contributed by atoms with Crippen molar-refractivity contribution >= 4 is 109 Å². The SMILES string of the molecule is Nc1ccccn1.O=Cc1cccc(Cl)c1Cl.Oc1c(C(Nc2ccccn2)c2cccc(Cl)c2Cl)cc(Cl)c2cccnc12.Oc1ccc(Cl)c2cccnc12. The van der Waals surface area contributed by atoms with Crippen LogP contribution in [-0.2, 0) is 0 Å². The number of nitrogen functional groups attached to an aromatic ring is 1. The number of rotatable bonds is 5. The van der Waals surface area contributed by atoms with E-state index in [1.807, 2.05) is 48.5 Å². The summed E-state index contributed by atoms with van der Waals surface area (Å²) >= 11 is 36.3. The maximum absolute atomic E-state index is 11.0. The minimum Gasteiger partial charge on any atom is -0.506 e. The first-order valence-electron chi connectivity index (χ1n) is 16.7. The molecule has 0 saturated carbocycles. The van der Waals surface area contributed by atoms with Crippen LogP contribution in [0.25, 0.3) is 21.8 Å². The maximum Gasteiger partial charge on any atom is 0.151 e. The average Bonchev–Trinajstić information content (AvgIpc) is 3.23. The molecule has 8 rings (SSSR count). The summed E-state index contributed by atoms with van der Waals surface area (Å²) < 4.78 is 0. The van der Waals surface area contributed by atoms with Crippen molar-refractivity contribution in [2.75, 3.05) is 11.1 Å². The first kappa shape index (κ1) is 42.7. The number of nitrogens with one attached hydrogen (secondary N) is 1. The number of aldehydes is 1. The molecule has 4 aromatic heterocycles. The van der Waals surface area contributed by atoms with Gasteiger partial charge in [-0.3, -0.25) is 14.8 Å². The number of benzene rings is 4. The van der Waals surface area contributed by atoms with Crippen molar-refractivity contribution in [3.8, 4) is 11.5 Å². The van der Waals surface area contributed by atoms with Crippen LogP contribution < -0.4 is 11.1 Å². The summed E-state index contributed by atoms with van der Waals surface area (Å²) in [5.41, 5.74) is 7.83. The molecule has 0 fully saturated rings. The second kappa shape index (κ2) is 20.7. The Morgan fingerprint density at radius 1 is 0.561 bits per heavy atom. The van der Waals surface area contributed by atoms with Crippen LogP contribution in [0, 0.1) is 0 Å². The third kappa shape index (κ3) is 11.1. The van der Waals surface area contributed by atoms with Crippen molar-refractivity contribution in [3.63, 3.8) is 0 Å². The van der Waals surface area contributed by atoms with E-state index < -0.39 is 6.04 Å². The molecule has 0 aliphatic carbocycles. The Hall–Kier alpha value is -5.39. The zero-order valence-electron chi connectivity index (χ0n) is 29.4. The van der Waals surface area contributed by atoms with Crippen molar-refractivity contribution < 1.29 is 15.0 Å². The molecule has 0 spiro atoms. The van der Waals surface area contributed by atoms with Gasteiger partial charge in [0, 0.05) is 46.7 Å². The number of halogens is 6. The highest BCUT2D eigenvalue weighted by Gasteiger charge is 2.24. The molecular formula is C42H30Cl6N6O3. The lowest BCUT2D eigenvalue weighted by Gasteiger charge is -2.23. The van der Waals surface area contributed by atoms with E-state index in [9.17, 15) is 15.0 Å². The van der Waals surface area contributed by atoms with Crippen LogP contribution in [0.3, 0.4) is 0 Å². The molecule has 0 radical (unpaired) electrons. The quantitative estimate of drug-likeness (QED) is 0.124. The number of nitrogens with zero attached hydrogens (tertiary/aromatic N) is 4. The summed E-state index contributed by atoms with van der Waals surface area (Å²) in [6.07, 6.45) is 7.24. The third-order valence-corrected chi connectivity index (χ3v) is 10.2. The largest absolute Gasteiger partial charge is 0.506 e. The van der Waals surface area contributed by atoms with Gasteiger partial charge in [-0.05, 0) is 84.4 Å². The van der Waals surface area contributed by atoms with E-state index in [-0.39, 0.29) is 11.5 Å². The predicted octanol–water partition coefficient (Wildman–Crippen LogP) is 12.6. The average molecular weight is 879 g/mol. The van der Waals surface area contributed by atoms with Crippen molar-refractivity contribution in [3.05, 3.63) is 187 Å². The van der Waals surface area contributed by atoms with Gasteiger partial charge < -0.3 is 21.3 Å². The van der Waals surface area contributed by atoms with E-state index in [0.29, 0.717) is 81.2 Å². The molecule has 0 amide bonds. The molecule has 9 nitrogen and oxygen atoms in total. The molecule has 0 bridgehead atoms. The molecule has 0 saturated heterocycles. The summed E-state index contributed by atoms with van der Waals surface area (Å²) in [6.45, 7) is 0. The number of fused-ring (bicyclic) bond motifs is 2. The lowest BCUT2D eigenvalue weighted by Crippen LogP contribution is -2.14. The van der Waals surface area contributed by atoms with E-state index >= 15 is 0 Å². The molecule has 1 unspecified atom stereocenters. The fourth-order valence-corrected chi connectivity index (χ4v) is 6.45. The highest BCUT2D eigenvalue weighted by molar-refractivity contribution is 6.43. The summed E-state index contributed by atoms with van der Waals surface area (Å²) in [5, 5.41) is 27.7. The number of aromatic hydroxyl groups is 2. The van der Waals surface area contributed by atoms with E-state index in [1.54, 1.807) is 85.5 Å². The van der Waals surface area contributed by atoms with Crippen molar-refractivity contribution in [2.45, 2.75) is 6.04 Å². The monoisotopic (exact) mass is 876 g/mol. The second-order valence-electron chi connectivity index (χ2n) is 11.6. The first-order valence-corrected chi connectivity index (χ1v) is 18.9. The van der Waals surface area contributed by atoms with Gasteiger partial charge in [-0.25, -0.2) is 9.97 Å². The van der Waals surface area contributed by atoms with Crippen molar-refractivity contribution in [1.82, 2.24) is 19.9 Å².